The van der Waals surface area contributed by atoms with E-state index < -0.39 is 6.10 Å². The molecule has 2 atom stereocenters. The second kappa shape index (κ2) is 6.62. The van der Waals surface area contributed by atoms with Crippen LogP contribution >= 0.6 is 0 Å². The number of aryl methyl sites for hydroxylation is 2. The largest absolute Gasteiger partial charge is 0.391 e. The van der Waals surface area contributed by atoms with Crippen LogP contribution in [0.2, 0.25) is 0 Å². The molecule has 1 aromatic carbocycles. The number of β-amino-alcohol motifs (C(OH)–C–C–N with tert-alkyl or cyclic N) is 1. The van der Waals surface area contributed by atoms with Crippen LogP contribution in [0, 0.1) is 12.8 Å². The fraction of sp³-hybridized carbons (Fsp3) is 0.368. The van der Waals surface area contributed by atoms with E-state index in [-0.39, 0.29) is 29.6 Å². The minimum Gasteiger partial charge on any atom is -0.391 e. The van der Waals surface area contributed by atoms with E-state index in [1.807, 2.05) is 13.0 Å². The van der Waals surface area contributed by atoms with Crippen LogP contribution in [0.5, 0.6) is 0 Å². The van der Waals surface area contributed by atoms with Crippen molar-refractivity contribution in [3.63, 3.8) is 0 Å². The minimum absolute atomic E-state index is 0.0876. The van der Waals surface area contributed by atoms with E-state index in [2.05, 4.69) is 15.3 Å². The first-order valence-corrected chi connectivity index (χ1v) is 8.88. The maximum Gasteiger partial charge on any atom is 0.275 e. The Morgan fingerprint density at radius 1 is 1.30 bits per heavy atom. The zero-order chi connectivity index (χ0) is 19.1. The Morgan fingerprint density at radius 3 is 2.74 bits per heavy atom. The van der Waals surface area contributed by atoms with Gasteiger partial charge in [0.05, 0.1) is 17.2 Å². The van der Waals surface area contributed by atoms with Gasteiger partial charge in [0, 0.05) is 37.1 Å². The first-order valence-electron chi connectivity index (χ1n) is 8.88. The molecule has 3 aromatic rings. The lowest BCUT2D eigenvalue weighted by molar-refractivity contribution is 0.0758. The number of amides is 1. The molecule has 1 aliphatic rings. The summed E-state index contributed by atoms with van der Waals surface area (Å²) in [5.41, 5.74) is 1.83. The maximum atomic E-state index is 13.1. The number of aromatic amines is 1. The van der Waals surface area contributed by atoms with E-state index in [0.29, 0.717) is 23.7 Å². The number of H-pyrrole nitrogens is 1. The molecular weight excluding hydrogens is 346 g/mol. The second-order valence-corrected chi connectivity index (χ2v) is 7.11. The summed E-state index contributed by atoms with van der Waals surface area (Å²) in [6.45, 7) is 2.59. The molecule has 27 heavy (non-hydrogen) atoms. The lowest BCUT2D eigenvalue weighted by atomic mass is 10.0. The van der Waals surface area contributed by atoms with Crippen molar-refractivity contribution >= 4 is 16.7 Å². The summed E-state index contributed by atoms with van der Waals surface area (Å²) in [6, 6.07) is 8.91. The van der Waals surface area contributed by atoms with Crippen LogP contribution in [-0.2, 0) is 13.5 Å². The summed E-state index contributed by atoms with van der Waals surface area (Å²) in [7, 11) is 1.53. The molecule has 3 heterocycles. The highest BCUT2D eigenvalue weighted by Gasteiger charge is 2.36. The summed E-state index contributed by atoms with van der Waals surface area (Å²) in [6.07, 6.45) is -0.0266. The van der Waals surface area contributed by atoms with Gasteiger partial charge in [0.2, 0.25) is 0 Å². The van der Waals surface area contributed by atoms with E-state index in [9.17, 15) is 14.7 Å². The first-order chi connectivity index (χ1) is 12.9. The number of nitrogens with zero attached hydrogens (tertiary/aromatic N) is 4. The van der Waals surface area contributed by atoms with Gasteiger partial charge in [-0.3, -0.25) is 14.7 Å². The molecule has 1 saturated heterocycles. The van der Waals surface area contributed by atoms with Gasteiger partial charge in [-0.05, 0) is 25.5 Å². The van der Waals surface area contributed by atoms with E-state index in [1.54, 1.807) is 29.2 Å². The molecule has 8 nitrogen and oxygen atoms in total. The standard InChI is InChI=1S/C19H21N5O3/c1-11-7-13(21-20-11)8-12-9-24(10-16(12)25)19(27)17-14-5-3-4-6-15(14)18(26)23(2)22-17/h3-7,12,16,25H,8-10H2,1-2H3,(H,20,21)/t12-,16+/m1/s1. The predicted molar refractivity (Wildman–Crippen MR) is 99.4 cm³/mol. The number of aliphatic hydroxyl groups is 1. The van der Waals surface area contributed by atoms with Crippen molar-refractivity contribution in [2.24, 2.45) is 13.0 Å². The number of nitrogens with one attached hydrogen (secondary N) is 1. The quantitative estimate of drug-likeness (QED) is 0.707. The van der Waals surface area contributed by atoms with Crippen LogP contribution in [-0.4, -0.2) is 55.1 Å². The topological polar surface area (TPSA) is 104 Å². The maximum absolute atomic E-state index is 13.1. The minimum atomic E-state index is -0.621. The number of benzene rings is 1. The zero-order valence-electron chi connectivity index (χ0n) is 15.2. The van der Waals surface area contributed by atoms with Crippen molar-refractivity contribution in [1.82, 2.24) is 24.9 Å². The van der Waals surface area contributed by atoms with Gasteiger partial charge in [-0.1, -0.05) is 18.2 Å². The molecule has 0 spiro atoms. The van der Waals surface area contributed by atoms with Gasteiger partial charge in [-0.25, -0.2) is 4.68 Å². The molecule has 1 amide bonds. The summed E-state index contributed by atoms with van der Waals surface area (Å²) in [4.78, 5) is 27.0. The Kier molecular flexibility index (Phi) is 4.27. The zero-order valence-corrected chi connectivity index (χ0v) is 15.2. The molecule has 0 saturated carbocycles. The van der Waals surface area contributed by atoms with Crippen LogP contribution < -0.4 is 5.56 Å². The number of hydrogen-bond acceptors (Lipinski definition) is 5. The van der Waals surface area contributed by atoms with Gasteiger partial charge in [0.25, 0.3) is 11.5 Å². The third kappa shape index (κ3) is 3.12. The number of carbonyl (C=O) groups is 1. The molecule has 1 aliphatic heterocycles. The summed E-state index contributed by atoms with van der Waals surface area (Å²) < 4.78 is 1.19. The van der Waals surface area contributed by atoms with Crippen LogP contribution in [0.1, 0.15) is 21.9 Å². The van der Waals surface area contributed by atoms with Crippen molar-refractivity contribution in [3.05, 3.63) is 57.8 Å². The molecule has 0 aliphatic carbocycles. The summed E-state index contributed by atoms with van der Waals surface area (Å²) in [5.74, 6) is -0.364. The highest BCUT2D eigenvalue weighted by molar-refractivity contribution is 6.04. The SMILES string of the molecule is Cc1cc(C[C@@H]2CN(C(=O)c3nn(C)c(=O)c4ccccc34)C[C@@H]2O)n[nH]1. The predicted octanol–water partition coefficient (Wildman–Crippen LogP) is 0.641. The number of aromatic nitrogens is 4. The third-order valence-electron chi connectivity index (χ3n) is 5.08. The van der Waals surface area contributed by atoms with Crippen molar-refractivity contribution in [2.75, 3.05) is 13.1 Å². The number of carbonyl (C=O) groups excluding carboxylic acids is 1. The molecule has 1 fully saturated rings. The molecule has 140 valence electrons. The lowest BCUT2D eigenvalue weighted by Crippen LogP contribution is -2.33. The molecule has 2 N–H and O–H groups in total. The van der Waals surface area contributed by atoms with Crippen molar-refractivity contribution in [1.29, 1.82) is 0 Å². The molecule has 8 heteroatoms. The van der Waals surface area contributed by atoms with Gasteiger partial charge in [-0.15, -0.1) is 0 Å². The fourth-order valence-electron chi connectivity index (χ4n) is 3.68. The Balaban J connectivity index is 1.61. The third-order valence-corrected chi connectivity index (χ3v) is 5.08. The Labute approximate surface area is 155 Å². The van der Waals surface area contributed by atoms with Crippen LogP contribution in [0.3, 0.4) is 0 Å². The van der Waals surface area contributed by atoms with Gasteiger partial charge in [-0.2, -0.15) is 10.2 Å². The van der Waals surface area contributed by atoms with Gasteiger partial charge < -0.3 is 10.0 Å². The number of likely N-dealkylation sites (tertiary alicyclic amines) is 1. The molecule has 4 rings (SSSR count). The molecule has 2 aromatic heterocycles. The van der Waals surface area contributed by atoms with E-state index in [0.717, 1.165) is 11.4 Å². The fourth-order valence-corrected chi connectivity index (χ4v) is 3.68. The van der Waals surface area contributed by atoms with Crippen LogP contribution in [0.4, 0.5) is 0 Å². The normalized spacial score (nSPS) is 19.7. The highest BCUT2D eigenvalue weighted by Crippen LogP contribution is 2.24. The van der Waals surface area contributed by atoms with Gasteiger partial charge in [0.1, 0.15) is 0 Å². The molecule has 0 radical (unpaired) electrons. The van der Waals surface area contributed by atoms with E-state index in [1.165, 1.54) is 11.7 Å². The van der Waals surface area contributed by atoms with Crippen LogP contribution in [0.25, 0.3) is 10.8 Å². The second-order valence-electron chi connectivity index (χ2n) is 7.11. The molecule has 0 unspecified atom stereocenters. The lowest BCUT2D eigenvalue weighted by Gasteiger charge is -2.17. The smallest absolute Gasteiger partial charge is 0.275 e. The van der Waals surface area contributed by atoms with Crippen molar-refractivity contribution in [2.45, 2.75) is 19.4 Å². The number of aliphatic hydroxyl groups excluding tert-OH is 1. The van der Waals surface area contributed by atoms with E-state index in [4.69, 9.17) is 0 Å². The first kappa shape index (κ1) is 17.4. The van der Waals surface area contributed by atoms with Crippen molar-refractivity contribution < 1.29 is 9.90 Å². The monoisotopic (exact) mass is 367 g/mol. The highest BCUT2D eigenvalue weighted by atomic mass is 16.3. The average molecular weight is 367 g/mol. The van der Waals surface area contributed by atoms with Gasteiger partial charge in [0.15, 0.2) is 5.69 Å². The number of rotatable bonds is 3. The molecule has 0 bridgehead atoms. The van der Waals surface area contributed by atoms with Crippen LogP contribution in [0.15, 0.2) is 35.1 Å². The Morgan fingerprint density at radius 2 is 2.04 bits per heavy atom. The average Bonchev–Trinajstić information content (AvgIpc) is 3.23. The number of fused-ring (bicyclic) bond motifs is 1. The summed E-state index contributed by atoms with van der Waals surface area (Å²) >= 11 is 0. The van der Waals surface area contributed by atoms with E-state index >= 15 is 0 Å². The Hall–Kier alpha value is -3.00. The van der Waals surface area contributed by atoms with Crippen molar-refractivity contribution in [3.8, 4) is 0 Å². The molecular formula is C19H21N5O3. The Bertz CT molecular complexity index is 1070. The van der Waals surface area contributed by atoms with Gasteiger partial charge >= 0.3 is 0 Å². The summed E-state index contributed by atoms with van der Waals surface area (Å²) in [5, 5.41) is 22.7. The number of hydrogen-bond donors (Lipinski definition) is 2.